The van der Waals surface area contributed by atoms with Crippen molar-refractivity contribution in [3.8, 4) is 5.75 Å². The standard InChI is InChI=1S/C20H16N4O/c25-16-12-10-15(11-13-16)22-20-23-18-9-5-4-8-17(18)19(24-20)21-14-6-2-1-3-7-14/h1-13,25H,(H2,21,22,23,24). The second-order valence-electron chi connectivity index (χ2n) is 5.58. The molecule has 0 aliphatic carbocycles. The Labute approximate surface area is 145 Å². The fourth-order valence-electron chi connectivity index (χ4n) is 2.56. The van der Waals surface area contributed by atoms with Gasteiger partial charge < -0.3 is 15.7 Å². The van der Waals surface area contributed by atoms with Gasteiger partial charge in [-0.2, -0.15) is 4.98 Å². The topological polar surface area (TPSA) is 70.1 Å². The van der Waals surface area contributed by atoms with Gasteiger partial charge in [-0.05, 0) is 48.5 Å². The zero-order chi connectivity index (χ0) is 17.1. The van der Waals surface area contributed by atoms with Crippen LogP contribution in [0.4, 0.5) is 23.1 Å². The number of rotatable bonds is 4. The van der Waals surface area contributed by atoms with Crippen molar-refractivity contribution in [1.82, 2.24) is 9.97 Å². The molecule has 0 saturated heterocycles. The quantitative estimate of drug-likeness (QED) is 0.468. The lowest BCUT2D eigenvalue weighted by Gasteiger charge is -2.12. The van der Waals surface area contributed by atoms with Crippen LogP contribution in [0.15, 0.2) is 78.9 Å². The van der Waals surface area contributed by atoms with E-state index >= 15 is 0 Å². The van der Waals surface area contributed by atoms with Crippen LogP contribution in [0.2, 0.25) is 0 Å². The first kappa shape index (κ1) is 15.0. The van der Waals surface area contributed by atoms with Gasteiger partial charge in [-0.3, -0.25) is 0 Å². The predicted octanol–water partition coefficient (Wildman–Crippen LogP) is 4.82. The number of phenolic OH excluding ortho intramolecular Hbond substituents is 1. The van der Waals surface area contributed by atoms with Gasteiger partial charge in [-0.1, -0.05) is 30.3 Å². The van der Waals surface area contributed by atoms with Gasteiger partial charge in [-0.15, -0.1) is 0 Å². The third-order valence-corrected chi connectivity index (χ3v) is 3.76. The molecular weight excluding hydrogens is 312 g/mol. The summed E-state index contributed by atoms with van der Waals surface area (Å²) in [7, 11) is 0. The third kappa shape index (κ3) is 3.35. The number of benzene rings is 3. The number of aromatic nitrogens is 2. The van der Waals surface area contributed by atoms with Crippen molar-refractivity contribution >= 4 is 34.0 Å². The maximum atomic E-state index is 9.40. The number of anilines is 4. The van der Waals surface area contributed by atoms with E-state index in [2.05, 4.69) is 20.6 Å². The van der Waals surface area contributed by atoms with Gasteiger partial charge in [0.25, 0.3) is 0 Å². The van der Waals surface area contributed by atoms with Crippen LogP contribution in [0.3, 0.4) is 0 Å². The number of fused-ring (bicyclic) bond motifs is 1. The Hall–Kier alpha value is -3.60. The molecule has 0 amide bonds. The summed E-state index contributed by atoms with van der Waals surface area (Å²) in [6, 6.07) is 24.5. The smallest absolute Gasteiger partial charge is 0.229 e. The number of nitrogens with zero attached hydrogens (tertiary/aromatic N) is 2. The Balaban J connectivity index is 1.74. The van der Waals surface area contributed by atoms with E-state index in [-0.39, 0.29) is 5.75 Å². The minimum Gasteiger partial charge on any atom is -0.508 e. The maximum absolute atomic E-state index is 9.40. The van der Waals surface area contributed by atoms with Crippen LogP contribution in [0.1, 0.15) is 0 Å². The predicted molar refractivity (Wildman–Crippen MR) is 101 cm³/mol. The Morgan fingerprint density at radius 3 is 2.12 bits per heavy atom. The highest BCUT2D eigenvalue weighted by Crippen LogP contribution is 2.26. The van der Waals surface area contributed by atoms with Crippen molar-refractivity contribution < 1.29 is 5.11 Å². The van der Waals surface area contributed by atoms with Crippen LogP contribution in [-0.2, 0) is 0 Å². The summed E-state index contributed by atoms with van der Waals surface area (Å²) in [6.45, 7) is 0. The summed E-state index contributed by atoms with van der Waals surface area (Å²) >= 11 is 0. The molecule has 0 aliphatic heterocycles. The van der Waals surface area contributed by atoms with Gasteiger partial charge >= 0.3 is 0 Å². The molecule has 4 aromatic rings. The molecule has 25 heavy (non-hydrogen) atoms. The summed E-state index contributed by atoms with van der Waals surface area (Å²) in [6.07, 6.45) is 0. The van der Waals surface area contributed by atoms with E-state index < -0.39 is 0 Å². The molecule has 0 unspecified atom stereocenters. The molecule has 1 aromatic heterocycles. The zero-order valence-electron chi connectivity index (χ0n) is 13.3. The molecule has 4 rings (SSSR count). The molecular formula is C20H16N4O. The molecule has 0 spiro atoms. The van der Waals surface area contributed by atoms with Crippen molar-refractivity contribution in [3.05, 3.63) is 78.9 Å². The lowest BCUT2D eigenvalue weighted by atomic mass is 10.2. The molecule has 0 fully saturated rings. The summed E-state index contributed by atoms with van der Waals surface area (Å²) in [4.78, 5) is 9.19. The molecule has 122 valence electrons. The molecule has 0 saturated carbocycles. The van der Waals surface area contributed by atoms with Crippen LogP contribution in [0.5, 0.6) is 5.75 Å². The van der Waals surface area contributed by atoms with Crippen molar-refractivity contribution in [2.45, 2.75) is 0 Å². The number of nitrogens with one attached hydrogen (secondary N) is 2. The van der Waals surface area contributed by atoms with Gasteiger partial charge in [0, 0.05) is 16.8 Å². The van der Waals surface area contributed by atoms with Crippen LogP contribution < -0.4 is 10.6 Å². The monoisotopic (exact) mass is 328 g/mol. The minimum absolute atomic E-state index is 0.219. The normalized spacial score (nSPS) is 10.6. The van der Waals surface area contributed by atoms with E-state index in [9.17, 15) is 5.11 Å². The van der Waals surface area contributed by atoms with Crippen LogP contribution >= 0.6 is 0 Å². The number of aromatic hydroxyl groups is 1. The first-order valence-corrected chi connectivity index (χ1v) is 7.93. The molecule has 1 heterocycles. The largest absolute Gasteiger partial charge is 0.508 e. The van der Waals surface area contributed by atoms with Crippen molar-refractivity contribution in [1.29, 1.82) is 0 Å². The van der Waals surface area contributed by atoms with Crippen molar-refractivity contribution in [2.24, 2.45) is 0 Å². The molecule has 5 nitrogen and oxygen atoms in total. The zero-order valence-corrected chi connectivity index (χ0v) is 13.3. The summed E-state index contributed by atoms with van der Waals surface area (Å²) in [5, 5.41) is 16.9. The minimum atomic E-state index is 0.219. The average Bonchev–Trinajstić information content (AvgIpc) is 2.65. The molecule has 5 heteroatoms. The summed E-state index contributed by atoms with van der Waals surface area (Å²) in [5.74, 6) is 1.44. The van der Waals surface area contributed by atoms with Crippen molar-refractivity contribution in [2.75, 3.05) is 10.6 Å². The lowest BCUT2D eigenvalue weighted by molar-refractivity contribution is 0.475. The highest BCUT2D eigenvalue weighted by molar-refractivity contribution is 5.91. The molecule has 3 N–H and O–H groups in total. The Bertz CT molecular complexity index is 1000. The molecule has 0 atom stereocenters. The van der Waals surface area contributed by atoms with Gasteiger partial charge in [0.2, 0.25) is 5.95 Å². The van der Waals surface area contributed by atoms with Crippen molar-refractivity contribution in [3.63, 3.8) is 0 Å². The highest BCUT2D eigenvalue weighted by atomic mass is 16.3. The van der Waals surface area contributed by atoms with E-state index in [1.807, 2.05) is 54.6 Å². The van der Waals surface area contributed by atoms with Crippen LogP contribution in [0.25, 0.3) is 10.9 Å². The first-order chi connectivity index (χ1) is 12.3. The van der Waals surface area contributed by atoms with Gasteiger partial charge in [-0.25, -0.2) is 4.98 Å². The van der Waals surface area contributed by atoms with Crippen LogP contribution in [-0.4, -0.2) is 15.1 Å². The summed E-state index contributed by atoms with van der Waals surface area (Å²) in [5.41, 5.74) is 2.61. The third-order valence-electron chi connectivity index (χ3n) is 3.76. The average molecular weight is 328 g/mol. The number of hydrogen-bond donors (Lipinski definition) is 3. The maximum Gasteiger partial charge on any atom is 0.229 e. The van der Waals surface area contributed by atoms with Gasteiger partial charge in [0.1, 0.15) is 11.6 Å². The Morgan fingerprint density at radius 2 is 1.32 bits per heavy atom. The SMILES string of the molecule is Oc1ccc(Nc2nc(Nc3ccccc3)c3ccccc3n2)cc1. The second-order valence-corrected chi connectivity index (χ2v) is 5.58. The molecule has 0 bridgehead atoms. The fraction of sp³-hybridized carbons (Fsp3) is 0. The van der Waals surface area contributed by atoms with Gasteiger partial charge in [0.15, 0.2) is 0 Å². The van der Waals surface area contributed by atoms with E-state index in [4.69, 9.17) is 0 Å². The Kier molecular flexibility index (Phi) is 3.88. The van der Waals surface area contributed by atoms with Crippen LogP contribution in [0, 0.1) is 0 Å². The molecule has 3 aromatic carbocycles. The number of hydrogen-bond acceptors (Lipinski definition) is 5. The molecule has 0 aliphatic rings. The molecule has 0 radical (unpaired) electrons. The summed E-state index contributed by atoms with van der Waals surface area (Å²) < 4.78 is 0. The van der Waals surface area contributed by atoms with E-state index in [1.54, 1.807) is 24.3 Å². The van der Waals surface area contributed by atoms with E-state index in [1.165, 1.54) is 0 Å². The highest BCUT2D eigenvalue weighted by Gasteiger charge is 2.08. The fourth-order valence-corrected chi connectivity index (χ4v) is 2.56. The number of phenols is 1. The first-order valence-electron chi connectivity index (χ1n) is 7.93. The Morgan fingerprint density at radius 1 is 0.640 bits per heavy atom. The second kappa shape index (κ2) is 6.49. The van der Waals surface area contributed by atoms with E-state index in [0.717, 1.165) is 28.1 Å². The van der Waals surface area contributed by atoms with Gasteiger partial charge in [0.05, 0.1) is 5.52 Å². The number of para-hydroxylation sites is 2. The van der Waals surface area contributed by atoms with E-state index in [0.29, 0.717) is 5.95 Å². The lowest BCUT2D eigenvalue weighted by Crippen LogP contribution is -2.02.